The van der Waals surface area contributed by atoms with Crippen LogP contribution in [0.5, 0.6) is 0 Å². The largest absolute Gasteiger partial charge is 0.465 e. The van der Waals surface area contributed by atoms with Crippen LogP contribution in [0.3, 0.4) is 0 Å². The van der Waals surface area contributed by atoms with Gasteiger partial charge in [-0.3, -0.25) is 4.31 Å². The SMILES string of the molecule is COC(=O)c1ccccc1N(C)S(=O)(=O)c1ccc(Br)cc1. The average Bonchev–Trinajstić information content (AvgIpc) is 2.53. The summed E-state index contributed by atoms with van der Waals surface area (Å²) in [5.41, 5.74) is 0.449. The van der Waals surface area contributed by atoms with Gasteiger partial charge in [-0.15, -0.1) is 0 Å². The van der Waals surface area contributed by atoms with Gasteiger partial charge in [-0.05, 0) is 36.4 Å². The molecule has 2 aromatic rings. The highest BCUT2D eigenvalue weighted by Gasteiger charge is 2.25. The lowest BCUT2D eigenvalue weighted by molar-refractivity contribution is 0.0601. The number of para-hydroxylation sites is 1. The van der Waals surface area contributed by atoms with Crippen LogP contribution in [0.2, 0.25) is 0 Å². The van der Waals surface area contributed by atoms with Gasteiger partial charge in [-0.25, -0.2) is 13.2 Å². The maximum absolute atomic E-state index is 12.7. The first-order valence-corrected chi connectivity index (χ1v) is 8.53. The number of nitrogens with zero attached hydrogens (tertiary/aromatic N) is 1. The van der Waals surface area contributed by atoms with Crippen molar-refractivity contribution in [2.24, 2.45) is 0 Å². The number of carbonyl (C=O) groups excluding carboxylic acids is 1. The Labute approximate surface area is 137 Å². The van der Waals surface area contributed by atoms with Crippen LogP contribution in [-0.4, -0.2) is 28.5 Å². The van der Waals surface area contributed by atoms with Gasteiger partial charge in [0, 0.05) is 11.5 Å². The number of esters is 1. The topological polar surface area (TPSA) is 63.7 Å². The predicted octanol–water partition coefficient (Wildman–Crippen LogP) is 3.06. The summed E-state index contributed by atoms with van der Waals surface area (Å²) in [6.07, 6.45) is 0. The molecule has 0 aliphatic heterocycles. The van der Waals surface area contributed by atoms with E-state index in [9.17, 15) is 13.2 Å². The fraction of sp³-hybridized carbons (Fsp3) is 0.133. The molecule has 0 radical (unpaired) electrons. The number of hydrogen-bond acceptors (Lipinski definition) is 4. The van der Waals surface area contributed by atoms with Gasteiger partial charge >= 0.3 is 5.97 Å². The van der Waals surface area contributed by atoms with E-state index < -0.39 is 16.0 Å². The fourth-order valence-electron chi connectivity index (χ4n) is 1.92. The van der Waals surface area contributed by atoms with Gasteiger partial charge in [0.15, 0.2) is 0 Å². The van der Waals surface area contributed by atoms with E-state index in [2.05, 4.69) is 15.9 Å². The normalized spacial score (nSPS) is 11.0. The molecule has 7 heteroatoms. The van der Waals surface area contributed by atoms with E-state index in [4.69, 9.17) is 4.74 Å². The van der Waals surface area contributed by atoms with Crippen molar-refractivity contribution < 1.29 is 17.9 Å². The molecule has 2 rings (SSSR count). The summed E-state index contributed by atoms with van der Waals surface area (Å²) < 4.78 is 31.9. The summed E-state index contributed by atoms with van der Waals surface area (Å²) in [4.78, 5) is 11.9. The van der Waals surface area contributed by atoms with Gasteiger partial charge in [0.25, 0.3) is 10.0 Å². The van der Waals surface area contributed by atoms with Crippen molar-refractivity contribution in [2.75, 3.05) is 18.5 Å². The molecule has 0 unspecified atom stereocenters. The zero-order valence-electron chi connectivity index (χ0n) is 12.0. The summed E-state index contributed by atoms with van der Waals surface area (Å²) in [5.74, 6) is -0.589. The number of benzene rings is 2. The van der Waals surface area contributed by atoms with Crippen LogP contribution in [-0.2, 0) is 14.8 Å². The molecular formula is C15H14BrNO4S. The first-order valence-electron chi connectivity index (χ1n) is 6.30. The van der Waals surface area contributed by atoms with Gasteiger partial charge in [0.1, 0.15) is 0 Å². The van der Waals surface area contributed by atoms with E-state index >= 15 is 0 Å². The molecule has 0 fully saturated rings. The Morgan fingerprint density at radius 3 is 2.27 bits per heavy atom. The van der Waals surface area contributed by atoms with Crippen molar-refractivity contribution in [3.8, 4) is 0 Å². The highest BCUT2D eigenvalue weighted by Crippen LogP contribution is 2.26. The number of hydrogen-bond donors (Lipinski definition) is 0. The number of rotatable bonds is 4. The molecule has 0 aliphatic carbocycles. The Balaban J connectivity index is 2.49. The Hall–Kier alpha value is -1.86. The Kier molecular flexibility index (Phi) is 4.87. The Morgan fingerprint density at radius 1 is 1.09 bits per heavy atom. The van der Waals surface area contributed by atoms with Crippen molar-refractivity contribution >= 4 is 37.6 Å². The molecule has 2 aromatic carbocycles. The molecule has 116 valence electrons. The lowest BCUT2D eigenvalue weighted by Crippen LogP contribution is -2.28. The molecule has 0 saturated heterocycles. The third-order valence-electron chi connectivity index (χ3n) is 3.12. The Morgan fingerprint density at radius 2 is 1.68 bits per heavy atom. The van der Waals surface area contributed by atoms with Crippen molar-refractivity contribution in [1.29, 1.82) is 0 Å². The minimum absolute atomic E-state index is 0.137. The number of methoxy groups -OCH3 is 1. The van der Waals surface area contributed by atoms with Gasteiger partial charge in [-0.1, -0.05) is 28.1 Å². The number of ether oxygens (including phenoxy) is 1. The van der Waals surface area contributed by atoms with Crippen molar-refractivity contribution in [3.05, 3.63) is 58.6 Å². The van der Waals surface area contributed by atoms with Gasteiger partial charge in [0.2, 0.25) is 0 Å². The first kappa shape index (κ1) is 16.5. The lowest BCUT2D eigenvalue weighted by Gasteiger charge is -2.21. The van der Waals surface area contributed by atoms with E-state index in [1.54, 1.807) is 30.3 Å². The molecule has 0 aliphatic rings. The number of halogens is 1. The highest BCUT2D eigenvalue weighted by molar-refractivity contribution is 9.10. The van der Waals surface area contributed by atoms with Crippen molar-refractivity contribution in [2.45, 2.75) is 4.90 Å². The molecule has 0 heterocycles. The molecule has 0 spiro atoms. The van der Waals surface area contributed by atoms with Crippen molar-refractivity contribution in [1.82, 2.24) is 0 Å². The van der Waals surface area contributed by atoms with Crippen LogP contribution in [0.4, 0.5) is 5.69 Å². The van der Waals surface area contributed by atoms with Crippen LogP contribution in [0.15, 0.2) is 57.9 Å². The van der Waals surface area contributed by atoms with Crippen LogP contribution in [0, 0.1) is 0 Å². The summed E-state index contributed by atoms with van der Waals surface area (Å²) in [6, 6.07) is 12.7. The van der Waals surface area contributed by atoms with E-state index in [0.717, 1.165) is 8.78 Å². The quantitative estimate of drug-likeness (QED) is 0.761. The van der Waals surface area contributed by atoms with E-state index in [0.29, 0.717) is 0 Å². The van der Waals surface area contributed by atoms with E-state index in [1.807, 2.05) is 0 Å². The maximum atomic E-state index is 12.7. The van der Waals surface area contributed by atoms with Crippen LogP contribution in [0.25, 0.3) is 0 Å². The molecular weight excluding hydrogens is 370 g/mol. The summed E-state index contributed by atoms with van der Waals surface area (Å²) in [6.45, 7) is 0. The summed E-state index contributed by atoms with van der Waals surface area (Å²) >= 11 is 3.26. The zero-order chi connectivity index (χ0) is 16.3. The zero-order valence-corrected chi connectivity index (χ0v) is 14.4. The van der Waals surface area contributed by atoms with Crippen LogP contribution >= 0.6 is 15.9 Å². The molecule has 0 saturated carbocycles. The average molecular weight is 384 g/mol. The van der Waals surface area contributed by atoms with Crippen LogP contribution < -0.4 is 4.31 Å². The molecule has 0 atom stereocenters. The fourth-order valence-corrected chi connectivity index (χ4v) is 3.40. The van der Waals surface area contributed by atoms with E-state index in [1.165, 1.54) is 32.4 Å². The number of anilines is 1. The van der Waals surface area contributed by atoms with E-state index in [-0.39, 0.29) is 16.1 Å². The molecule has 5 nitrogen and oxygen atoms in total. The molecule has 22 heavy (non-hydrogen) atoms. The standard InChI is InChI=1S/C15H14BrNO4S/c1-17(14-6-4-3-5-13(14)15(18)21-2)22(19,20)12-9-7-11(16)8-10-12/h3-10H,1-2H3. The van der Waals surface area contributed by atoms with Gasteiger partial charge in [0.05, 0.1) is 23.3 Å². The molecule has 0 amide bonds. The van der Waals surface area contributed by atoms with Gasteiger partial charge < -0.3 is 4.74 Å². The monoisotopic (exact) mass is 383 g/mol. The minimum Gasteiger partial charge on any atom is -0.465 e. The predicted molar refractivity (Wildman–Crippen MR) is 87.5 cm³/mol. The highest BCUT2D eigenvalue weighted by atomic mass is 79.9. The first-order chi connectivity index (χ1) is 10.4. The number of carbonyl (C=O) groups is 1. The lowest BCUT2D eigenvalue weighted by atomic mass is 10.2. The minimum atomic E-state index is -3.77. The maximum Gasteiger partial charge on any atom is 0.340 e. The third-order valence-corrected chi connectivity index (χ3v) is 5.43. The molecule has 0 bridgehead atoms. The summed E-state index contributed by atoms with van der Waals surface area (Å²) in [7, 11) is -1.11. The van der Waals surface area contributed by atoms with Crippen LogP contribution in [0.1, 0.15) is 10.4 Å². The summed E-state index contributed by atoms with van der Waals surface area (Å²) in [5, 5.41) is 0. The van der Waals surface area contributed by atoms with Gasteiger partial charge in [-0.2, -0.15) is 0 Å². The molecule has 0 N–H and O–H groups in total. The third kappa shape index (κ3) is 3.15. The smallest absolute Gasteiger partial charge is 0.340 e. The second-order valence-corrected chi connectivity index (χ2v) is 7.32. The second kappa shape index (κ2) is 6.50. The second-order valence-electron chi connectivity index (χ2n) is 4.44. The molecule has 0 aromatic heterocycles. The van der Waals surface area contributed by atoms with Crippen molar-refractivity contribution in [3.63, 3.8) is 0 Å². The number of sulfonamides is 1. The Bertz CT molecular complexity index is 787.